The van der Waals surface area contributed by atoms with E-state index >= 15 is 0 Å². The standard InChI is InChI=1S/C16H25N3/c1-18-10-12-19(13-11-18)16-8-6-15(7-9-16)17-14-4-2-3-5-14/h6-9,14,17H,2-5,10-13H2,1H3. The molecule has 1 saturated carbocycles. The van der Waals surface area contributed by atoms with Crippen molar-refractivity contribution < 1.29 is 0 Å². The third kappa shape index (κ3) is 3.21. The van der Waals surface area contributed by atoms with Crippen LogP contribution in [-0.2, 0) is 0 Å². The second kappa shape index (κ2) is 5.83. The summed E-state index contributed by atoms with van der Waals surface area (Å²) in [6, 6.07) is 9.72. The summed E-state index contributed by atoms with van der Waals surface area (Å²) in [7, 11) is 2.20. The highest BCUT2D eigenvalue weighted by Crippen LogP contribution is 2.24. The summed E-state index contributed by atoms with van der Waals surface area (Å²) in [6.07, 6.45) is 5.44. The first-order valence-corrected chi connectivity index (χ1v) is 7.61. The number of likely N-dealkylation sites (N-methyl/N-ethyl adjacent to an activating group) is 1. The van der Waals surface area contributed by atoms with E-state index in [-0.39, 0.29) is 0 Å². The van der Waals surface area contributed by atoms with E-state index in [1.54, 1.807) is 0 Å². The Morgan fingerprint density at radius 3 is 2.21 bits per heavy atom. The highest BCUT2D eigenvalue weighted by Gasteiger charge is 2.16. The average Bonchev–Trinajstić information content (AvgIpc) is 2.94. The molecule has 0 bridgehead atoms. The number of hydrogen-bond donors (Lipinski definition) is 1. The van der Waals surface area contributed by atoms with Crippen LogP contribution in [0.5, 0.6) is 0 Å². The fraction of sp³-hybridized carbons (Fsp3) is 0.625. The third-order valence-electron chi connectivity index (χ3n) is 4.46. The molecular weight excluding hydrogens is 234 g/mol. The van der Waals surface area contributed by atoms with Gasteiger partial charge in [-0.3, -0.25) is 0 Å². The maximum absolute atomic E-state index is 3.65. The molecule has 3 heteroatoms. The molecular formula is C16H25N3. The fourth-order valence-corrected chi connectivity index (χ4v) is 3.14. The Balaban J connectivity index is 1.58. The van der Waals surface area contributed by atoms with Gasteiger partial charge in [0.15, 0.2) is 0 Å². The van der Waals surface area contributed by atoms with Gasteiger partial charge < -0.3 is 15.1 Å². The summed E-state index contributed by atoms with van der Waals surface area (Å²) in [6.45, 7) is 4.63. The molecule has 2 aliphatic rings. The van der Waals surface area contributed by atoms with Crippen molar-refractivity contribution in [3.8, 4) is 0 Å². The molecule has 3 nitrogen and oxygen atoms in total. The fourth-order valence-electron chi connectivity index (χ4n) is 3.14. The van der Waals surface area contributed by atoms with E-state index in [1.807, 2.05) is 0 Å². The molecule has 0 aromatic heterocycles. The van der Waals surface area contributed by atoms with Gasteiger partial charge in [-0.05, 0) is 44.2 Å². The van der Waals surface area contributed by atoms with Crippen molar-refractivity contribution in [1.82, 2.24) is 4.90 Å². The average molecular weight is 259 g/mol. The molecule has 1 aromatic rings. The summed E-state index contributed by atoms with van der Waals surface area (Å²) in [4.78, 5) is 4.88. The molecule has 0 radical (unpaired) electrons. The van der Waals surface area contributed by atoms with Gasteiger partial charge in [0, 0.05) is 43.6 Å². The third-order valence-corrected chi connectivity index (χ3v) is 4.46. The van der Waals surface area contributed by atoms with E-state index in [0.29, 0.717) is 6.04 Å². The van der Waals surface area contributed by atoms with Crippen LogP contribution in [0, 0.1) is 0 Å². The lowest BCUT2D eigenvalue weighted by Gasteiger charge is -2.34. The number of piperazine rings is 1. The largest absolute Gasteiger partial charge is 0.382 e. The minimum Gasteiger partial charge on any atom is -0.382 e. The maximum Gasteiger partial charge on any atom is 0.0368 e. The number of benzene rings is 1. The second-order valence-electron chi connectivity index (χ2n) is 5.96. The Bertz CT molecular complexity index is 387. The Kier molecular flexibility index (Phi) is 3.92. The van der Waals surface area contributed by atoms with E-state index < -0.39 is 0 Å². The molecule has 0 unspecified atom stereocenters. The Morgan fingerprint density at radius 2 is 1.58 bits per heavy atom. The zero-order valence-electron chi connectivity index (χ0n) is 11.9. The highest BCUT2D eigenvalue weighted by atomic mass is 15.2. The lowest BCUT2D eigenvalue weighted by atomic mass is 10.2. The van der Waals surface area contributed by atoms with Gasteiger partial charge in [-0.15, -0.1) is 0 Å². The molecule has 0 spiro atoms. The van der Waals surface area contributed by atoms with Crippen LogP contribution in [-0.4, -0.2) is 44.2 Å². The molecule has 0 amide bonds. The monoisotopic (exact) mass is 259 g/mol. The minimum atomic E-state index is 0.703. The van der Waals surface area contributed by atoms with Crippen LogP contribution in [0.25, 0.3) is 0 Å². The Hall–Kier alpha value is -1.22. The quantitative estimate of drug-likeness (QED) is 0.900. The molecule has 1 heterocycles. The zero-order valence-corrected chi connectivity index (χ0v) is 11.9. The molecule has 19 heavy (non-hydrogen) atoms. The molecule has 1 aliphatic carbocycles. The van der Waals surface area contributed by atoms with Crippen molar-refractivity contribution in [3.05, 3.63) is 24.3 Å². The summed E-state index contributed by atoms with van der Waals surface area (Å²) >= 11 is 0. The van der Waals surface area contributed by atoms with Crippen molar-refractivity contribution in [3.63, 3.8) is 0 Å². The summed E-state index contributed by atoms with van der Waals surface area (Å²) < 4.78 is 0. The van der Waals surface area contributed by atoms with Gasteiger partial charge in [-0.1, -0.05) is 12.8 Å². The van der Waals surface area contributed by atoms with Gasteiger partial charge in [-0.25, -0.2) is 0 Å². The van der Waals surface area contributed by atoms with E-state index in [9.17, 15) is 0 Å². The van der Waals surface area contributed by atoms with Gasteiger partial charge in [0.25, 0.3) is 0 Å². The summed E-state index contributed by atoms with van der Waals surface area (Å²) in [5.74, 6) is 0. The minimum absolute atomic E-state index is 0.703. The van der Waals surface area contributed by atoms with Crippen LogP contribution in [0.3, 0.4) is 0 Å². The van der Waals surface area contributed by atoms with Gasteiger partial charge in [0.1, 0.15) is 0 Å². The van der Waals surface area contributed by atoms with Crippen molar-refractivity contribution in [1.29, 1.82) is 0 Å². The van der Waals surface area contributed by atoms with Crippen LogP contribution >= 0.6 is 0 Å². The molecule has 1 aromatic carbocycles. The molecule has 1 N–H and O–H groups in total. The van der Waals surface area contributed by atoms with Crippen LogP contribution in [0.1, 0.15) is 25.7 Å². The smallest absolute Gasteiger partial charge is 0.0368 e. The van der Waals surface area contributed by atoms with Gasteiger partial charge in [0.05, 0.1) is 0 Å². The summed E-state index contributed by atoms with van der Waals surface area (Å²) in [5.41, 5.74) is 2.65. The number of nitrogens with zero attached hydrogens (tertiary/aromatic N) is 2. The number of hydrogen-bond acceptors (Lipinski definition) is 3. The lowest BCUT2D eigenvalue weighted by Crippen LogP contribution is -2.44. The molecule has 3 rings (SSSR count). The molecule has 1 aliphatic heterocycles. The SMILES string of the molecule is CN1CCN(c2ccc(NC3CCCC3)cc2)CC1. The second-order valence-corrected chi connectivity index (χ2v) is 5.96. The van der Waals surface area contributed by atoms with E-state index in [0.717, 1.165) is 13.1 Å². The summed E-state index contributed by atoms with van der Waals surface area (Å²) in [5, 5.41) is 3.65. The molecule has 104 valence electrons. The Morgan fingerprint density at radius 1 is 0.947 bits per heavy atom. The molecule has 1 saturated heterocycles. The lowest BCUT2D eigenvalue weighted by molar-refractivity contribution is 0.313. The van der Waals surface area contributed by atoms with E-state index in [2.05, 4.69) is 46.4 Å². The van der Waals surface area contributed by atoms with Crippen LogP contribution < -0.4 is 10.2 Å². The predicted molar refractivity (Wildman–Crippen MR) is 82.0 cm³/mol. The number of anilines is 2. The van der Waals surface area contributed by atoms with E-state index in [1.165, 1.54) is 50.1 Å². The zero-order chi connectivity index (χ0) is 13.1. The molecule has 2 fully saturated rings. The van der Waals surface area contributed by atoms with Crippen molar-refractivity contribution in [2.45, 2.75) is 31.7 Å². The number of nitrogens with one attached hydrogen (secondary N) is 1. The van der Waals surface area contributed by atoms with Crippen LogP contribution in [0.4, 0.5) is 11.4 Å². The van der Waals surface area contributed by atoms with E-state index in [4.69, 9.17) is 0 Å². The van der Waals surface area contributed by atoms with Crippen LogP contribution in [0.2, 0.25) is 0 Å². The van der Waals surface area contributed by atoms with Crippen LogP contribution in [0.15, 0.2) is 24.3 Å². The maximum atomic E-state index is 3.65. The highest BCUT2D eigenvalue weighted by molar-refractivity contribution is 5.55. The van der Waals surface area contributed by atoms with Gasteiger partial charge in [0.2, 0.25) is 0 Å². The number of rotatable bonds is 3. The predicted octanol–water partition coefficient (Wildman–Crippen LogP) is 2.79. The van der Waals surface area contributed by atoms with Gasteiger partial charge >= 0.3 is 0 Å². The Labute approximate surface area is 116 Å². The van der Waals surface area contributed by atoms with Crippen molar-refractivity contribution >= 4 is 11.4 Å². The van der Waals surface area contributed by atoms with Crippen molar-refractivity contribution in [2.75, 3.05) is 43.4 Å². The topological polar surface area (TPSA) is 18.5 Å². The first kappa shape index (κ1) is 12.8. The first-order valence-electron chi connectivity index (χ1n) is 7.61. The first-order chi connectivity index (χ1) is 9.31. The van der Waals surface area contributed by atoms with Crippen molar-refractivity contribution in [2.24, 2.45) is 0 Å². The normalized spacial score (nSPS) is 21.8. The van der Waals surface area contributed by atoms with Gasteiger partial charge in [-0.2, -0.15) is 0 Å². The molecule has 0 atom stereocenters.